The number of fused-ring (bicyclic) bond motifs is 2. The summed E-state index contributed by atoms with van der Waals surface area (Å²) in [5.41, 5.74) is 0. The number of carboxylic acid groups (broad SMARTS) is 2. The Morgan fingerprint density at radius 1 is 0.923 bits per heavy atom. The van der Waals surface area contributed by atoms with E-state index < -0.39 is 23.8 Å². The predicted octanol–water partition coefficient (Wildman–Crippen LogP) is 0.818. The number of rotatable bonds is 2. The molecule has 2 fully saturated rings. The number of carboxylic acids is 2. The van der Waals surface area contributed by atoms with E-state index in [9.17, 15) is 9.59 Å². The largest absolute Gasteiger partial charge is 0.481 e. The predicted molar refractivity (Wildman–Crippen MR) is 43.1 cm³/mol. The lowest BCUT2D eigenvalue weighted by atomic mass is 9.79. The van der Waals surface area contributed by atoms with Crippen LogP contribution in [0.15, 0.2) is 0 Å². The number of aliphatic carboxylic acids is 2. The third-order valence-electron chi connectivity index (χ3n) is 3.49. The Kier molecular flexibility index (Phi) is 1.78. The number of hydrogen-bond acceptors (Lipinski definition) is 2. The average molecular weight is 184 g/mol. The van der Waals surface area contributed by atoms with Crippen molar-refractivity contribution in [1.82, 2.24) is 0 Å². The first kappa shape index (κ1) is 8.53. The van der Waals surface area contributed by atoms with Crippen molar-refractivity contribution in [2.75, 3.05) is 0 Å². The molecule has 0 heterocycles. The summed E-state index contributed by atoms with van der Waals surface area (Å²) >= 11 is 0. The normalized spacial score (nSPS) is 42.2. The molecule has 2 saturated carbocycles. The second kappa shape index (κ2) is 2.72. The van der Waals surface area contributed by atoms with Crippen LogP contribution >= 0.6 is 0 Å². The van der Waals surface area contributed by atoms with Gasteiger partial charge < -0.3 is 10.2 Å². The van der Waals surface area contributed by atoms with Gasteiger partial charge in [0.25, 0.3) is 0 Å². The highest BCUT2D eigenvalue weighted by Crippen LogP contribution is 2.52. The first-order valence-electron chi connectivity index (χ1n) is 4.57. The molecule has 0 aromatic heterocycles. The monoisotopic (exact) mass is 184 g/mol. The quantitative estimate of drug-likeness (QED) is 0.666. The van der Waals surface area contributed by atoms with E-state index >= 15 is 0 Å². The summed E-state index contributed by atoms with van der Waals surface area (Å²) in [5.74, 6) is -2.89. The Hall–Kier alpha value is -1.06. The van der Waals surface area contributed by atoms with E-state index in [0.29, 0.717) is 0 Å². The highest BCUT2D eigenvalue weighted by atomic mass is 16.4. The van der Waals surface area contributed by atoms with Gasteiger partial charge in [0.2, 0.25) is 0 Å². The molecule has 4 heteroatoms. The number of hydrogen-bond donors (Lipinski definition) is 2. The molecule has 2 aliphatic carbocycles. The van der Waals surface area contributed by atoms with Crippen molar-refractivity contribution in [2.24, 2.45) is 23.7 Å². The van der Waals surface area contributed by atoms with E-state index in [2.05, 4.69) is 0 Å². The van der Waals surface area contributed by atoms with Crippen LogP contribution in [0.1, 0.15) is 19.3 Å². The Balaban J connectivity index is 2.24. The molecular formula is C9H12O4. The number of carbonyl (C=O) groups is 2. The first-order valence-corrected chi connectivity index (χ1v) is 4.57. The van der Waals surface area contributed by atoms with Crippen LogP contribution in [0.25, 0.3) is 0 Å². The molecule has 0 amide bonds. The van der Waals surface area contributed by atoms with Crippen LogP contribution in [0.3, 0.4) is 0 Å². The van der Waals surface area contributed by atoms with E-state index in [0.717, 1.165) is 19.3 Å². The van der Waals surface area contributed by atoms with Gasteiger partial charge in [0.05, 0.1) is 11.8 Å². The van der Waals surface area contributed by atoms with Crippen LogP contribution in [0, 0.1) is 23.7 Å². The molecule has 4 atom stereocenters. The van der Waals surface area contributed by atoms with Gasteiger partial charge in [-0.05, 0) is 31.1 Å². The third-order valence-corrected chi connectivity index (χ3v) is 3.49. The van der Waals surface area contributed by atoms with Crippen molar-refractivity contribution in [3.8, 4) is 0 Å². The highest BCUT2D eigenvalue weighted by molar-refractivity contribution is 5.81. The summed E-state index contributed by atoms with van der Waals surface area (Å²) in [6.07, 6.45) is 2.59. The van der Waals surface area contributed by atoms with Gasteiger partial charge in [-0.2, -0.15) is 0 Å². The average Bonchev–Trinajstić information content (AvgIpc) is 2.60. The van der Waals surface area contributed by atoms with E-state index in [1.54, 1.807) is 0 Å². The van der Waals surface area contributed by atoms with Crippen LogP contribution in [0.2, 0.25) is 0 Å². The Morgan fingerprint density at radius 2 is 1.31 bits per heavy atom. The fraction of sp³-hybridized carbons (Fsp3) is 0.778. The summed E-state index contributed by atoms with van der Waals surface area (Å²) in [7, 11) is 0. The van der Waals surface area contributed by atoms with Gasteiger partial charge in [0, 0.05) is 0 Å². The summed E-state index contributed by atoms with van der Waals surface area (Å²) in [4.78, 5) is 21.7. The first-order chi connectivity index (χ1) is 6.11. The van der Waals surface area contributed by atoms with E-state index in [1.165, 1.54) is 0 Å². The molecule has 0 aliphatic heterocycles. The Morgan fingerprint density at radius 3 is 1.62 bits per heavy atom. The Bertz CT molecular complexity index is 234. The molecule has 2 bridgehead atoms. The van der Waals surface area contributed by atoms with Crippen LogP contribution < -0.4 is 0 Å². The molecule has 72 valence electrons. The van der Waals surface area contributed by atoms with Gasteiger partial charge in [0.15, 0.2) is 0 Å². The zero-order chi connectivity index (χ0) is 9.59. The van der Waals surface area contributed by atoms with E-state index in [-0.39, 0.29) is 11.8 Å². The lowest BCUT2D eigenvalue weighted by molar-refractivity contribution is -0.156. The molecule has 0 spiro atoms. The lowest BCUT2D eigenvalue weighted by Crippen LogP contribution is -2.34. The van der Waals surface area contributed by atoms with E-state index in [4.69, 9.17) is 10.2 Å². The van der Waals surface area contributed by atoms with Crippen molar-refractivity contribution in [3.05, 3.63) is 0 Å². The van der Waals surface area contributed by atoms with Crippen molar-refractivity contribution in [3.63, 3.8) is 0 Å². The maximum atomic E-state index is 10.8. The van der Waals surface area contributed by atoms with Crippen LogP contribution in [-0.4, -0.2) is 22.2 Å². The second-order valence-electron chi connectivity index (χ2n) is 4.06. The van der Waals surface area contributed by atoms with Crippen LogP contribution in [-0.2, 0) is 9.59 Å². The smallest absolute Gasteiger partial charge is 0.307 e. The van der Waals surface area contributed by atoms with Crippen molar-refractivity contribution in [1.29, 1.82) is 0 Å². The third kappa shape index (κ3) is 1.12. The maximum absolute atomic E-state index is 10.8. The minimum absolute atomic E-state index is 0.114. The fourth-order valence-corrected chi connectivity index (χ4v) is 3.00. The summed E-state index contributed by atoms with van der Waals surface area (Å²) in [5, 5.41) is 17.8. The van der Waals surface area contributed by atoms with Gasteiger partial charge >= 0.3 is 11.9 Å². The second-order valence-corrected chi connectivity index (χ2v) is 4.06. The van der Waals surface area contributed by atoms with Gasteiger partial charge in [-0.1, -0.05) is 0 Å². The van der Waals surface area contributed by atoms with Gasteiger partial charge in [-0.15, -0.1) is 0 Å². The maximum Gasteiger partial charge on any atom is 0.307 e. The summed E-state index contributed by atoms with van der Waals surface area (Å²) < 4.78 is 0. The van der Waals surface area contributed by atoms with Crippen LogP contribution in [0.4, 0.5) is 0 Å². The standard InChI is InChI=1S/C9H12O4/c10-8(11)6-4-1-2-5(3-4)7(6)9(12)13/h4-7H,1-3H2,(H,10,11)(H,12,13)/t4-,5+,6-,7+. The Labute approximate surface area is 75.6 Å². The topological polar surface area (TPSA) is 74.6 Å². The van der Waals surface area contributed by atoms with Crippen LogP contribution in [0.5, 0.6) is 0 Å². The summed E-state index contributed by atoms with van der Waals surface area (Å²) in [6, 6.07) is 0. The zero-order valence-electron chi connectivity index (χ0n) is 7.14. The van der Waals surface area contributed by atoms with Gasteiger partial charge in [-0.25, -0.2) is 0 Å². The molecular weight excluding hydrogens is 172 g/mol. The molecule has 2 N–H and O–H groups in total. The molecule has 0 unspecified atom stereocenters. The molecule has 4 nitrogen and oxygen atoms in total. The van der Waals surface area contributed by atoms with Crippen molar-refractivity contribution >= 4 is 11.9 Å². The van der Waals surface area contributed by atoms with Crippen molar-refractivity contribution < 1.29 is 19.8 Å². The molecule has 0 radical (unpaired) electrons. The zero-order valence-corrected chi connectivity index (χ0v) is 7.14. The molecule has 2 rings (SSSR count). The minimum atomic E-state index is -0.931. The molecule has 13 heavy (non-hydrogen) atoms. The summed E-state index contributed by atoms with van der Waals surface area (Å²) in [6.45, 7) is 0. The minimum Gasteiger partial charge on any atom is -0.481 e. The van der Waals surface area contributed by atoms with Gasteiger partial charge in [-0.3, -0.25) is 9.59 Å². The highest BCUT2D eigenvalue weighted by Gasteiger charge is 2.54. The lowest BCUT2D eigenvalue weighted by Gasteiger charge is -2.24. The fourth-order valence-electron chi connectivity index (χ4n) is 3.00. The SMILES string of the molecule is O=C(O)[C@@H]1[C@@H]2CC[C@@H](C2)[C@@H]1C(=O)O. The molecule has 0 aromatic carbocycles. The molecule has 2 aliphatic rings. The van der Waals surface area contributed by atoms with Gasteiger partial charge in [0.1, 0.15) is 0 Å². The molecule has 0 aromatic rings. The van der Waals surface area contributed by atoms with E-state index in [1.807, 2.05) is 0 Å². The molecule has 0 saturated heterocycles. The van der Waals surface area contributed by atoms with Crippen molar-refractivity contribution in [2.45, 2.75) is 19.3 Å².